The van der Waals surface area contributed by atoms with Gasteiger partial charge in [-0.25, -0.2) is 0 Å². The maximum atomic E-state index is 13.8. The zero-order chi connectivity index (χ0) is 13.3. The van der Waals surface area contributed by atoms with Crippen LogP contribution < -0.4 is 4.74 Å². The molecule has 0 N–H and O–H groups in total. The molecule has 0 spiro atoms. The molecule has 0 bridgehead atoms. The number of hydrogen-bond acceptors (Lipinski definition) is 2. The molecule has 1 heterocycles. The Labute approximate surface area is 118 Å². The Morgan fingerprint density at radius 1 is 1.11 bits per heavy atom. The molecule has 1 aromatic heterocycles. The standard InChI is InChI=1S/C12H7Cl3FNO/c1-18-10-3-2-7(12(16)17-10)8-4-6(13)5-9(14)11(8)15/h2-5H,1H3. The fraction of sp³-hybridized carbons (Fsp3) is 0.0833. The van der Waals surface area contributed by atoms with Gasteiger partial charge in [0.15, 0.2) is 0 Å². The number of aromatic nitrogens is 1. The molecule has 6 heteroatoms. The van der Waals surface area contributed by atoms with Crippen LogP contribution >= 0.6 is 34.8 Å². The fourth-order valence-electron chi connectivity index (χ4n) is 1.48. The minimum Gasteiger partial charge on any atom is -0.481 e. The van der Waals surface area contributed by atoms with Crippen molar-refractivity contribution in [3.05, 3.63) is 45.3 Å². The number of pyridine rings is 1. The molecular formula is C12H7Cl3FNO. The maximum absolute atomic E-state index is 13.8. The Morgan fingerprint density at radius 2 is 1.83 bits per heavy atom. The van der Waals surface area contributed by atoms with Crippen molar-refractivity contribution in [2.24, 2.45) is 0 Å². The van der Waals surface area contributed by atoms with Gasteiger partial charge in [0, 0.05) is 22.2 Å². The smallest absolute Gasteiger partial charge is 0.224 e. The second-order valence-corrected chi connectivity index (χ2v) is 4.66. The van der Waals surface area contributed by atoms with Crippen molar-refractivity contribution in [2.45, 2.75) is 0 Å². The number of benzene rings is 1. The summed E-state index contributed by atoms with van der Waals surface area (Å²) in [6, 6.07) is 6.06. The normalized spacial score (nSPS) is 10.5. The van der Waals surface area contributed by atoms with Crippen LogP contribution in [0.3, 0.4) is 0 Å². The quantitative estimate of drug-likeness (QED) is 0.584. The van der Waals surface area contributed by atoms with Gasteiger partial charge in [-0.15, -0.1) is 0 Å². The monoisotopic (exact) mass is 305 g/mol. The molecule has 0 aliphatic carbocycles. The molecule has 0 fully saturated rings. The first-order valence-electron chi connectivity index (χ1n) is 4.88. The molecule has 2 nitrogen and oxygen atoms in total. The summed E-state index contributed by atoms with van der Waals surface area (Å²) in [5.74, 6) is -0.518. The van der Waals surface area contributed by atoms with Gasteiger partial charge in [0.1, 0.15) is 0 Å². The minimum absolute atomic E-state index is 0.181. The van der Waals surface area contributed by atoms with Gasteiger partial charge in [0.05, 0.1) is 17.2 Å². The highest BCUT2D eigenvalue weighted by Gasteiger charge is 2.14. The molecule has 0 aliphatic heterocycles. The highest BCUT2D eigenvalue weighted by molar-refractivity contribution is 6.45. The largest absolute Gasteiger partial charge is 0.481 e. The lowest BCUT2D eigenvalue weighted by Crippen LogP contribution is -1.94. The zero-order valence-corrected chi connectivity index (χ0v) is 11.4. The third-order valence-corrected chi connectivity index (χ3v) is 3.34. The fourth-order valence-corrected chi connectivity index (χ4v) is 2.19. The van der Waals surface area contributed by atoms with Gasteiger partial charge in [0.2, 0.25) is 11.8 Å². The Bertz CT molecular complexity index is 604. The van der Waals surface area contributed by atoms with E-state index in [2.05, 4.69) is 4.98 Å². The molecule has 1 aromatic carbocycles. The summed E-state index contributed by atoms with van der Waals surface area (Å²) in [6.07, 6.45) is 0. The molecule has 18 heavy (non-hydrogen) atoms. The van der Waals surface area contributed by atoms with E-state index in [1.165, 1.54) is 31.4 Å². The van der Waals surface area contributed by atoms with Crippen LogP contribution in [-0.2, 0) is 0 Å². The molecule has 2 aromatic rings. The highest BCUT2D eigenvalue weighted by atomic mass is 35.5. The van der Waals surface area contributed by atoms with E-state index in [-0.39, 0.29) is 21.5 Å². The summed E-state index contributed by atoms with van der Waals surface area (Å²) < 4.78 is 18.7. The van der Waals surface area contributed by atoms with Crippen molar-refractivity contribution in [1.29, 1.82) is 0 Å². The first kappa shape index (κ1) is 13.4. The second kappa shape index (κ2) is 5.31. The minimum atomic E-state index is -0.699. The van der Waals surface area contributed by atoms with Gasteiger partial charge in [-0.3, -0.25) is 0 Å². The highest BCUT2D eigenvalue weighted by Crippen LogP contribution is 2.37. The SMILES string of the molecule is COc1ccc(-c2cc(Cl)cc(Cl)c2Cl)c(F)n1. The van der Waals surface area contributed by atoms with E-state index < -0.39 is 5.95 Å². The van der Waals surface area contributed by atoms with E-state index in [0.717, 1.165) is 0 Å². The zero-order valence-electron chi connectivity index (χ0n) is 9.18. The Hall–Kier alpha value is -1.03. The van der Waals surface area contributed by atoms with E-state index in [1.54, 1.807) is 0 Å². The van der Waals surface area contributed by atoms with Crippen LogP contribution in [0.4, 0.5) is 4.39 Å². The summed E-state index contributed by atoms with van der Waals surface area (Å²) in [4.78, 5) is 3.63. The second-order valence-electron chi connectivity index (χ2n) is 3.44. The Kier molecular flexibility index (Phi) is 3.95. The van der Waals surface area contributed by atoms with Crippen LogP contribution in [0, 0.1) is 5.95 Å². The number of rotatable bonds is 2. The van der Waals surface area contributed by atoms with E-state index >= 15 is 0 Å². The third kappa shape index (κ3) is 2.53. The number of hydrogen-bond donors (Lipinski definition) is 0. The molecular weight excluding hydrogens is 299 g/mol. The predicted octanol–water partition coefficient (Wildman–Crippen LogP) is 4.86. The number of ether oxygens (including phenoxy) is 1. The van der Waals surface area contributed by atoms with Crippen molar-refractivity contribution >= 4 is 34.8 Å². The first-order valence-corrected chi connectivity index (χ1v) is 6.01. The van der Waals surface area contributed by atoms with Crippen LogP contribution in [0.2, 0.25) is 15.1 Å². The molecule has 94 valence electrons. The lowest BCUT2D eigenvalue weighted by Gasteiger charge is -2.08. The topological polar surface area (TPSA) is 22.1 Å². The maximum Gasteiger partial charge on any atom is 0.224 e. The molecule has 0 saturated carbocycles. The number of methoxy groups -OCH3 is 1. The molecule has 0 radical (unpaired) electrons. The molecule has 2 rings (SSSR count). The van der Waals surface area contributed by atoms with Gasteiger partial charge in [-0.2, -0.15) is 9.37 Å². The van der Waals surface area contributed by atoms with Crippen molar-refractivity contribution in [3.63, 3.8) is 0 Å². The van der Waals surface area contributed by atoms with Crippen LogP contribution in [0.1, 0.15) is 0 Å². The Balaban J connectivity index is 2.62. The van der Waals surface area contributed by atoms with Crippen LogP contribution in [-0.4, -0.2) is 12.1 Å². The summed E-state index contributed by atoms with van der Waals surface area (Å²) in [5.41, 5.74) is 0.604. The summed E-state index contributed by atoms with van der Waals surface area (Å²) in [5, 5.41) is 0.857. The number of halogens is 4. The van der Waals surface area contributed by atoms with Gasteiger partial charge in [0.25, 0.3) is 0 Å². The molecule has 0 atom stereocenters. The van der Waals surface area contributed by atoms with Gasteiger partial charge >= 0.3 is 0 Å². The van der Waals surface area contributed by atoms with Gasteiger partial charge in [-0.1, -0.05) is 34.8 Å². The molecule has 0 saturated heterocycles. The van der Waals surface area contributed by atoms with E-state index in [1.807, 2.05) is 0 Å². The summed E-state index contributed by atoms with van der Waals surface area (Å²) >= 11 is 17.8. The van der Waals surface area contributed by atoms with Crippen molar-refractivity contribution < 1.29 is 9.13 Å². The van der Waals surface area contributed by atoms with Crippen LogP contribution in [0.25, 0.3) is 11.1 Å². The van der Waals surface area contributed by atoms with E-state index in [9.17, 15) is 4.39 Å². The average molecular weight is 307 g/mol. The Morgan fingerprint density at radius 3 is 2.44 bits per heavy atom. The van der Waals surface area contributed by atoms with Gasteiger partial charge < -0.3 is 4.74 Å². The van der Waals surface area contributed by atoms with Gasteiger partial charge in [-0.05, 0) is 18.2 Å². The summed E-state index contributed by atoms with van der Waals surface area (Å²) in [7, 11) is 1.41. The van der Waals surface area contributed by atoms with Crippen LogP contribution in [0.15, 0.2) is 24.3 Å². The average Bonchev–Trinajstić information content (AvgIpc) is 2.34. The van der Waals surface area contributed by atoms with Crippen molar-refractivity contribution in [1.82, 2.24) is 4.98 Å². The molecule has 0 amide bonds. The summed E-state index contributed by atoms with van der Waals surface area (Å²) in [6.45, 7) is 0. The van der Waals surface area contributed by atoms with Crippen molar-refractivity contribution in [2.75, 3.05) is 7.11 Å². The van der Waals surface area contributed by atoms with E-state index in [4.69, 9.17) is 39.5 Å². The third-order valence-electron chi connectivity index (χ3n) is 2.32. The first-order chi connectivity index (χ1) is 8.52. The molecule has 0 aliphatic rings. The van der Waals surface area contributed by atoms with Crippen molar-refractivity contribution in [3.8, 4) is 17.0 Å². The van der Waals surface area contributed by atoms with E-state index in [0.29, 0.717) is 10.6 Å². The molecule has 0 unspecified atom stereocenters. The predicted molar refractivity (Wildman–Crippen MR) is 71.2 cm³/mol. The lowest BCUT2D eigenvalue weighted by molar-refractivity contribution is 0.388. The van der Waals surface area contributed by atoms with Crippen LogP contribution in [0.5, 0.6) is 5.88 Å². The number of nitrogens with zero attached hydrogens (tertiary/aromatic N) is 1. The lowest BCUT2D eigenvalue weighted by atomic mass is 10.1.